The van der Waals surface area contributed by atoms with Crippen molar-refractivity contribution in [2.75, 3.05) is 27.3 Å². The highest BCUT2D eigenvalue weighted by molar-refractivity contribution is 7.91. The van der Waals surface area contributed by atoms with E-state index < -0.39 is 16.0 Å². The zero-order valence-electron chi connectivity index (χ0n) is 12.2. The van der Waals surface area contributed by atoms with Crippen molar-refractivity contribution < 1.29 is 22.7 Å². The Morgan fingerprint density at radius 2 is 2.00 bits per heavy atom. The Labute approximate surface area is 139 Å². The number of hydrogen-bond donors (Lipinski definition) is 2. The number of nitrogens with one attached hydrogen (secondary N) is 2. The fourth-order valence-corrected chi connectivity index (χ4v) is 4.92. The van der Waals surface area contributed by atoms with Crippen LogP contribution >= 0.6 is 23.7 Å². The molecule has 7 nitrogen and oxygen atoms in total. The number of rotatable bonds is 5. The average molecular weight is 371 g/mol. The fourth-order valence-electron chi connectivity index (χ4n) is 2.10. The topological polar surface area (TPSA) is 93.7 Å². The van der Waals surface area contributed by atoms with Crippen LogP contribution in [0.4, 0.5) is 0 Å². The van der Waals surface area contributed by atoms with Crippen LogP contribution in [0.1, 0.15) is 22.5 Å². The number of thiophene rings is 1. The van der Waals surface area contributed by atoms with Gasteiger partial charge in [0.1, 0.15) is 4.88 Å². The van der Waals surface area contributed by atoms with Gasteiger partial charge in [0.25, 0.3) is 10.0 Å². The first-order valence-electron chi connectivity index (χ1n) is 6.47. The van der Waals surface area contributed by atoms with Gasteiger partial charge in [-0.15, -0.1) is 23.7 Å². The van der Waals surface area contributed by atoms with Crippen LogP contribution in [0.2, 0.25) is 0 Å². The van der Waals surface area contributed by atoms with Crippen LogP contribution in [0.15, 0.2) is 10.3 Å². The molecule has 2 N–H and O–H groups in total. The number of piperidine rings is 1. The zero-order valence-corrected chi connectivity index (χ0v) is 14.7. The second-order valence-electron chi connectivity index (χ2n) is 4.60. The zero-order chi connectivity index (χ0) is 15.5. The highest BCUT2D eigenvalue weighted by Gasteiger charge is 2.28. The summed E-state index contributed by atoms with van der Waals surface area (Å²) in [5.74, 6) is -0.427. The number of esters is 1. The third-order valence-electron chi connectivity index (χ3n) is 3.18. The predicted octanol–water partition coefficient (Wildman–Crippen LogP) is 0.995. The standard InChI is InChI=1S/C12H18N2O5S2.ClH/c1-18-9-7-10(11(15)19-2)20-12(9)21(16,17)14-8-3-5-13-6-4-8;/h7-8,13-14H,3-6H2,1-2H3;1H. The Balaban J connectivity index is 0.00000242. The summed E-state index contributed by atoms with van der Waals surface area (Å²) < 4.78 is 37.2. The maximum Gasteiger partial charge on any atom is 0.348 e. The minimum atomic E-state index is -3.72. The number of methoxy groups -OCH3 is 2. The smallest absolute Gasteiger partial charge is 0.348 e. The SMILES string of the molecule is COC(=O)c1cc(OC)c(S(=O)(=O)NC2CCNCC2)s1.Cl. The lowest BCUT2D eigenvalue weighted by Gasteiger charge is -2.23. The summed E-state index contributed by atoms with van der Waals surface area (Å²) in [6.07, 6.45) is 1.47. The Hall–Kier alpha value is -0.870. The number of sulfonamides is 1. The van der Waals surface area contributed by atoms with E-state index >= 15 is 0 Å². The summed E-state index contributed by atoms with van der Waals surface area (Å²) in [4.78, 5) is 11.7. The molecule has 2 heterocycles. The number of carbonyl (C=O) groups excluding carboxylic acids is 1. The first kappa shape index (κ1) is 19.2. The minimum absolute atomic E-state index is 0. The fraction of sp³-hybridized carbons (Fsp3) is 0.583. The van der Waals surface area contributed by atoms with Crippen molar-refractivity contribution >= 4 is 39.7 Å². The van der Waals surface area contributed by atoms with Crippen LogP contribution in [0.25, 0.3) is 0 Å². The summed E-state index contributed by atoms with van der Waals surface area (Å²) in [5.41, 5.74) is 0. The molecule has 0 amide bonds. The molecule has 1 aromatic rings. The lowest BCUT2D eigenvalue weighted by atomic mass is 10.1. The van der Waals surface area contributed by atoms with E-state index in [1.54, 1.807) is 0 Å². The van der Waals surface area contributed by atoms with Gasteiger partial charge in [-0.25, -0.2) is 17.9 Å². The molecular formula is C12H19ClN2O5S2. The van der Waals surface area contributed by atoms with E-state index in [0.717, 1.165) is 37.3 Å². The molecular weight excluding hydrogens is 352 g/mol. The van der Waals surface area contributed by atoms with E-state index in [9.17, 15) is 13.2 Å². The van der Waals surface area contributed by atoms with Gasteiger partial charge in [-0.3, -0.25) is 0 Å². The number of hydrogen-bond acceptors (Lipinski definition) is 7. The molecule has 2 rings (SSSR count). The van der Waals surface area contributed by atoms with E-state index in [1.807, 2.05) is 0 Å². The normalized spacial score (nSPS) is 15.9. The molecule has 126 valence electrons. The van der Waals surface area contributed by atoms with Crippen molar-refractivity contribution in [2.45, 2.75) is 23.1 Å². The van der Waals surface area contributed by atoms with Gasteiger partial charge < -0.3 is 14.8 Å². The second-order valence-corrected chi connectivity index (χ2v) is 7.57. The van der Waals surface area contributed by atoms with Gasteiger partial charge in [0.05, 0.1) is 14.2 Å². The molecule has 1 aliphatic heterocycles. The second kappa shape index (κ2) is 8.11. The molecule has 1 aromatic heterocycles. The summed E-state index contributed by atoms with van der Waals surface area (Å²) in [7, 11) is -1.10. The van der Waals surface area contributed by atoms with Crippen LogP contribution in [0.3, 0.4) is 0 Å². The van der Waals surface area contributed by atoms with Crippen LogP contribution in [-0.2, 0) is 14.8 Å². The highest BCUT2D eigenvalue weighted by atomic mass is 35.5. The average Bonchev–Trinajstić information content (AvgIpc) is 2.92. The van der Waals surface area contributed by atoms with E-state index in [0.29, 0.717) is 0 Å². The summed E-state index contributed by atoms with van der Waals surface area (Å²) in [6, 6.07) is 1.28. The largest absolute Gasteiger partial charge is 0.494 e. The van der Waals surface area contributed by atoms with Crippen LogP contribution in [-0.4, -0.2) is 47.7 Å². The molecule has 0 spiro atoms. The Bertz CT molecular complexity index is 611. The Morgan fingerprint density at radius 3 is 2.55 bits per heavy atom. The lowest BCUT2D eigenvalue weighted by molar-refractivity contribution is 0.0606. The van der Waals surface area contributed by atoms with Gasteiger partial charge in [0.15, 0.2) is 9.96 Å². The maximum atomic E-state index is 12.5. The minimum Gasteiger partial charge on any atom is -0.494 e. The molecule has 0 saturated carbocycles. The Morgan fingerprint density at radius 1 is 1.36 bits per heavy atom. The van der Waals surface area contributed by atoms with Crippen molar-refractivity contribution in [2.24, 2.45) is 0 Å². The number of ether oxygens (including phenoxy) is 2. The van der Waals surface area contributed by atoms with Gasteiger partial charge in [0, 0.05) is 12.1 Å². The first-order chi connectivity index (χ1) is 9.97. The quantitative estimate of drug-likeness (QED) is 0.751. The van der Waals surface area contributed by atoms with E-state index in [1.165, 1.54) is 20.3 Å². The molecule has 22 heavy (non-hydrogen) atoms. The summed E-state index contributed by atoms with van der Waals surface area (Å²) >= 11 is 0.847. The van der Waals surface area contributed by atoms with Gasteiger partial charge in [-0.05, 0) is 25.9 Å². The monoisotopic (exact) mass is 370 g/mol. The molecule has 0 atom stereocenters. The van der Waals surface area contributed by atoms with Gasteiger partial charge in [0.2, 0.25) is 0 Å². The molecule has 1 aliphatic rings. The maximum absolute atomic E-state index is 12.5. The number of halogens is 1. The van der Waals surface area contributed by atoms with Gasteiger partial charge in [-0.1, -0.05) is 0 Å². The van der Waals surface area contributed by atoms with Gasteiger partial charge >= 0.3 is 5.97 Å². The molecule has 0 radical (unpaired) electrons. The van der Waals surface area contributed by atoms with Crippen molar-refractivity contribution in [1.82, 2.24) is 10.0 Å². The van der Waals surface area contributed by atoms with Crippen molar-refractivity contribution in [1.29, 1.82) is 0 Å². The Kier molecular flexibility index (Phi) is 7.07. The molecule has 1 fully saturated rings. The van der Waals surface area contributed by atoms with E-state index in [-0.39, 0.29) is 33.3 Å². The van der Waals surface area contributed by atoms with Crippen molar-refractivity contribution in [3.8, 4) is 5.75 Å². The molecule has 0 unspecified atom stereocenters. The van der Waals surface area contributed by atoms with Crippen LogP contribution in [0, 0.1) is 0 Å². The van der Waals surface area contributed by atoms with E-state index in [2.05, 4.69) is 14.8 Å². The first-order valence-corrected chi connectivity index (χ1v) is 8.77. The molecule has 0 aromatic carbocycles. The third-order valence-corrected chi connectivity index (χ3v) is 6.31. The number of carbonyl (C=O) groups is 1. The van der Waals surface area contributed by atoms with Gasteiger partial charge in [-0.2, -0.15) is 0 Å². The predicted molar refractivity (Wildman–Crippen MR) is 85.7 cm³/mol. The highest BCUT2D eigenvalue weighted by Crippen LogP contribution is 2.34. The molecule has 10 heteroatoms. The summed E-state index contributed by atoms with van der Waals surface area (Å²) in [6.45, 7) is 1.56. The third kappa shape index (κ3) is 4.32. The molecule has 1 saturated heterocycles. The molecule has 0 bridgehead atoms. The summed E-state index contributed by atoms with van der Waals surface area (Å²) in [5, 5.41) is 3.17. The van der Waals surface area contributed by atoms with Crippen LogP contribution in [0.5, 0.6) is 5.75 Å². The van der Waals surface area contributed by atoms with Crippen LogP contribution < -0.4 is 14.8 Å². The van der Waals surface area contributed by atoms with E-state index in [4.69, 9.17) is 4.74 Å². The van der Waals surface area contributed by atoms with Crippen molar-refractivity contribution in [3.05, 3.63) is 10.9 Å². The molecule has 0 aliphatic carbocycles. The lowest BCUT2D eigenvalue weighted by Crippen LogP contribution is -2.42. The van der Waals surface area contributed by atoms with Crippen molar-refractivity contribution in [3.63, 3.8) is 0 Å².